The third-order valence-corrected chi connectivity index (χ3v) is 2.80. The molecular formula is C13H8ClNO2. The first-order valence-electron chi connectivity index (χ1n) is 5.11. The number of furan rings is 1. The summed E-state index contributed by atoms with van der Waals surface area (Å²) in [4.78, 5) is 14.2. The molecule has 2 aromatic heterocycles. The number of fused-ring (bicyclic) bond motifs is 1. The van der Waals surface area contributed by atoms with Crippen LogP contribution >= 0.6 is 11.6 Å². The second-order valence-corrected chi connectivity index (χ2v) is 4.14. The maximum absolute atomic E-state index is 11.5. The van der Waals surface area contributed by atoms with Crippen molar-refractivity contribution in [3.63, 3.8) is 0 Å². The molecule has 1 N–H and O–H groups in total. The highest BCUT2D eigenvalue weighted by Gasteiger charge is 2.08. The molecule has 0 fully saturated rings. The van der Waals surface area contributed by atoms with Crippen molar-refractivity contribution in [1.82, 2.24) is 4.98 Å². The minimum absolute atomic E-state index is 0.153. The van der Waals surface area contributed by atoms with Crippen molar-refractivity contribution in [3.8, 4) is 11.3 Å². The van der Waals surface area contributed by atoms with Crippen LogP contribution in [0.4, 0.5) is 0 Å². The van der Waals surface area contributed by atoms with Gasteiger partial charge in [-0.2, -0.15) is 0 Å². The Morgan fingerprint density at radius 1 is 1.18 bits per heavy atom. The summed E-state index contributed by atoms with van der Waals surface area (Å²) in [5.41, 5.74) is 1.27. The second-order valence-electron chi connectivity index (χ2n) is 3.71. The molecule has 0 spiro atoms. The third kappa shape index (κ3) is 1.74. The highest BCUT2D eigenvalue weighted by atomic mass is 35.5. The lowest BCUT2D eigenvalue weighted by molar-refractivity contribution is 0.631. The first-order chi connectivity index (χ1) is 8.24. The molecule has 0 aliphatic rings. The predicted octanol–water partition coefficient (Wildman–Crippen LogP) is 3.44. The van der Waals surface area contributed by atoms with Crippen molar-refractivity contribution >= 4 is 22.6 Å². The number of H-pyrrole nitrogens is 1. The van der Waals surface area contributed by atoms with Gasteiger partial charge in [-0.05, 0) is 24.3 Å². The number of hydrogen-bond acceptors (Lipinski definition) is 2. The topological polar surface area (TPSA) is 46.0 Å². The van der Waals surface area contributed by atoms with E-state index in [1.165, 1.54) is 0 Å². The van der Waals surface area contributed by atoms with E-state index in [4.69, 9.17) is 16.0 Å². The van der Waals surface area contributed by atoms with Crippen molar-refractivity contribution in [2.75, 3.05) is 0 Å². The Balaban J connectivity index is 2.25. The first kappa shape index (κ1) is 10.2. The number of aromatic nitrogens is 1. The van der Waals surface area contributed by atoms with Crippen molar-refractivity contribution < 1.29 is 4.42 Å². The summed E-state index contributed by atoms with van der Waals surface area (Å²) in [6.07, 6.45) is 1.57. The molecule has 0 saturated heterocycles. The van der Waals surface area contributed by atoms with Gasteiger partial charge in [0.25, 0.3) is 5.56 Å². The molecular weight excluding hydrogens is 238 g/mol. The fourth-order valence-electron chi connectivity index (χ4n) is 1.76. The molecule has 0 bridgehead atoms. The molecule has 0 aliphatic carbocycles. The average Bonchev–Trinajstić information content (AvgIpc) is 2.74. The second kappa shape index (κ2) is 3.79. The summed E-state index contributed by atoms with van der Waals surface area (Å²) < 4.78 is 5.61. The fraction of sp³-hybridized carbons (Fsp3) is 0. The van der Waals surface area contributed by atoms with E-state index < -0.39 is 0 Å². The fourth-order valence-corrected chi connectivity index (χ4v) is 1.95. The van der Waals surface area contributed by atoms with Crippen LogP contribution in [0.1, 0.15) is 0 Å². The molecule has 2 heterocycles. The van der Waals surface area contributed by atoms with Gasteiger partial charge in [-0.1, -0.05) is 23.7 Å². The van der Waals surface area contributed by atoms with E-state index in [2.05, 4.69) is 4.98 Å². The van der Waals surface area contributed by atoms with Gasteiger partial charge in [0.15, 0.2) is 0 Å². The Labute approximate surface area is 102 Å². The van der Waals surface area contributed by atoms with E-state index in [0.29, 0.717) is 21.8 Å². The Morgan fingerprint density at radius 2 is 2.06 bits per heavy atom. The summed E-state index contributed by atoms with van der Waals surface area (Å²) in [5, 5.41) is 1.18. The highest BCUT2D eigenvalue weighted by Crippen LogP contribution is 2.27. The molecule has 0 atom stereocenters. The van der Waals surface area contributed by atoms with Crippen LogP contribution < -0.4 is 5.56 Å². The highest BCUT2D eigenvalue weighted by molar-refractivity contribution is 6.30. The molecule has 17 heavy (non-hydrogen) atoms. The SMILES string of the molecule is O=c1[nH]ccc2oc(-c3cccc(Cl)c3)cc12. The minimum Gasteiger partial charge on any atom is -0.456 e. The van der Waals surface area contributed by atoms with Crippen LogP contribution in [0, 0.1) is 0 Å². The van der Waals surface area contributed by atoms with Gasteiger partial charge in [-0.3, -0.25) is 4.79 Å². The lowest BCUT2D eigenvalue weighted by Gasteiger charge is -1.96. The van der Waals surface area contributed by atoms with Gasteiger partial charge in [-0.15, -0.1) is 0 Å². The maximum Gasteiger partial charge on any atom is 0.259 e. The van der Waals surface area contributed by atoms with Crippen LogP contribution in [-0.2, 0) is 0 Å². The van der Waals surface area contributed by atoms with Gasteiger partial charge in [0.2, 0.25) is 0 Å². The van der Waals surface area contributed by atoms with Gasteiger partial charge in [0.1, 0.15) is 11.3 Å². The van der Waals surface area contributed by atoms with Crippen molar-refractivity contribution in [1.29, 1.82) is 0 Å². The zero-order valence-corrected chi connectivity index (χ0v) is 9.49. The van der Waals surface area contributed by atoms with Crippen LogP contribution in [0.3, 0.4) is 0 Å². The number of benzene rings is 1. The molecule has 1 aromatic carbocycles. The molecule has 0 unspecified atom stereocenters. The molecule has 3 rings (SSSR count). The summed E-state index contributed by atoms with van der Waals surface area (Å²) in [5.74, 6) is 0.638. The number of rotatable bonds is 1. The Kier molecular flexibility index (Phi) is 2.27. The van der Waals surface area contributed by atoms with Crippen LogP contribution in [0.15, 0.2) is 51.8 Å². The first-order valence-corrected chi connectivity index (χ1v) is 5.49. The number of halogens is 1. The molecule has 4 heteroatoms. The van der Waals surface area contributed by atoms with Gasteiger partial charge in [0.05, 0.1) is 5.39 Å². The summed E-state index contributed by atoms with van der Waals surface area (Å²) >= 11 is 5.92. The summed E-state index contributed by atoms with van der Waals surface area (Å²) in [6.45, 7) is 0. The normalized spacial score (nSPS) is 10.9. The smallest absolute Gasteiger partial charge is 0.259 e. The van der Waals surface area contributed by atoms with Gasteiger partial charge >= 0.3 is 0 Å². The van der Waals surface area contributed by atoms with E-state index in [1.54, 1.807) is 30.5 Å². The maximum atomic E-state index is 11.5. The molecule has 0 amide bonds. The number of aromatic amines is 1. The zero-order chi connectivity index (χ0) is 11.8. The lowest BCUT2D eigenvalue weighted by atomic mass is 10.1. The molecule has 3 aromatic rings. The molecule has 84 valence electrons. The molecule has 0 radical (unpaired) electrons. The monoisotopic (exact) mass is 245 g/mol. The third-order valence-electron chi connectivity index (χ3n) is 2.56. The number of hydrogen-bond donors (Lipinski definition) is 1. The van der Waals surface area contributed by atoms with E-state index in [0.717, 1.165) is 5.56 Å². The summed E-state index contributed by atoms with van der Waals surface area (Å²) in [6, 6.07) is 10.8. The standard InChI is InChI=1S/C13H8ClNO2/c14-9-3-1-2-8(6-9)12-7-10-11(17-12)4-5-15-13(10)16/h1-7H,(H,15,16). The quantitative estimate of drug-likeness (QED) is 0.714. The van der Waals surface area contributed by atoms with E-state index in [1.807, 2.05) is 12.1 Å². The molecule has 0 saturated carbocycles. The van der Waals surface area contributed by atoms with Gasteiger partial charge in [-0.25, -0.2) is 0 Å². The Morgan fingerprint density at radius 3 is 2.82 bits per heavy atom. The molecule has 3 nitrogen and oxygen atoms in total. The number of nitrogens with one attached hydrogen (secondary N) is 1. The van der Waals surface area contributed by atoms with Crippen LogP contribution in [0.5, 0.6) is 0 Å². The van der Waals surface area contributed by atoms with Crippen LogP contribution in [-0.4, -0.2) is 4.98 Å². The number of pyridine rings is 1. The van der Waals surface area contributed by atoms with Crippen molar-refractivity contribution in [2.45, 2.75) is 0 Å². The Hall–Kier alpha value is -2.00. The average molecular weight is 246 g/mol. The van der Waals surface area contributed by atoms with Crippen LogP contribution in [0.2, 0.25) is 5.02 Å². The largest absolute Gasteiger partial charge is 0.456 e. The van der Waals surface area contributed by atoms with Crippen LogP contribution in [0.25, 0.3) is 22.3 Å². The van der Waals surface area contributed by atoms with Gasteiger partial charge in [0, 0.05) is 16.8 Å². The van der Waals surface area contributed by atoms with Crippen molar-refractivity contribution in [2.24, 2.45) is 0 Å². The van der Waals surface area contributed by atoms with E-state index >= 15 is 0 Å². The Bertz CT molecular complexity index is 742. The van der Waals surface area contributed by atoms with E-state index in [-0.39, 0.29) is 5.56 Å². The lowest BCUT2D eigenvalue weighted by Crippen LogP contribution is -2.01. The van der Waals surface area contributed by atoms with Crippen molar-refractivity contribution in [3.05, 3.63) is 58.0 Å². The van der Waals surface area contributed by atoms with Gasteiger partial charge < -0.3 is 9.40 Å². The predicted molar refractivity (Wildman–Crippen MR) is 67.3 cm³/mol. The molecule has 0 aliphatic heterocycles. The summed E-state index contributed by atoms with van der Waals surface area (Å²) in [7, 11) is 0. The zero-order valence-electron chi connectivity index (χ0n) is 8.74. The minimum atomic E-state index is -0.153. The van der Waals surface area contributed by atoms with E-state index in [9.17, 15) is 4.79 Å².